The third kappa shape index (κ3) is 2.30. The van der Waals surface area contributed by atoms with Gasteiger partial charge in [0.25, 0.3) is 0 Å². The predicted octanol–water partition coefficient (Wildman–Crippen LogP) is 2.04. The molecule has 96 valence electrons. The zero-order chi connectivity index (χ0) is 13.1. The summed E-state index contributed by atoms with van der Waals surface area (Å²) in [4.78, 5) is 0. The number of ether oxygens (including phenoxy) is 1. The molecule has 5 heteroatoms. The van der Waals surface area contributed by atoms with Gasteiger partial charge in [-0.15, -0.1) is 5.10 Å². The fourth-order valence-corrected chi connectivity index (χ4v) is 2.04. The first-order valence-electron chi connectivity index (χ1n) is 5.94. The second-order valence-corrected chi connectivity index (χ2v) is 4.48. The lowest BCUT2D eigenvalue weighted by Gasteiger charge is -2.12. The quantitative estimate of drug-likeness (QED) is 0.896. The van der Waals surface area contributed by atoms with Crippen molar-refractivity contribution in [2.24, 2.45) is 0 Å². The Hall–Kier alpha value is -2.04. The monoisotopic (exact) mass is 246 g/mol. The largest absolute Gasteiger partial charge is 0.496 e. The first kappa shape index (κ1) is 12.4. The van der Waals surface area contributed by atoms with Crippen LogP contribution in [0.1, 0.15) is 31.0 Å². The molecule has 2 aromatic rings. The van der Waals surface area contributed by atoms with Gasteiger partial charge in [0.2, 0.25) is 0 Å². The molecule has 0 saturated carbocycles. The van der Waals surface area contributed by atoms with E-state index in [-0.39, 0.29) is 5.92 Å². The van der Waals surface area contributed by atoms with Crippen LogP contribution < -0.4 is 10.5 Å². The number of hydrogen-bond donors (Lipinski definition) is 1. The lowest BCUT2D eigenvalue weighted by Crippen LogP contribution is -2.09. The van der Waals surface area contributed by atoms with E-state index < -0.39 is 0 Å². The van der Waals surface area contributed by atoms with Crippen LogP contribution in [0.5, 0.6) is 5.75 Å². The smallest absolute Gasteiger partial charge is 0.169 e. The lowest BCUT2D eigenvalue weighted by atomic mass is 10.1. The van der Waals surface area contributed by atoms with Gasteiger partial charge in [-0.2, -0.15) is 0 Å². The van der Waals surface area contributed by atoms with Crippen LogP contribution in [0, 0.1) is 0 Å². The summed E-state index contributed by atoms with van der Waals surface area (Å²) in [5.74, 6) is 1.64. The van der Waals surface area contributed by atoms with Gasteiger partial charge in [-0.3, -0.25) is 0 Å². The molecule has 0 bridgehead atoms. The Balaban J connectivity index is 2.34. The van der Waals surface area contributed by atoms with Crippen LogP contribution >= 0.6 is 0 Å². The molecule has 1 aromatic carbocycles. The van der Waals surface area contributed by atoms with E-state index in [0.29, 0.717) is 12.4 Å². The number of methoxy groups -OCH3 is 1. The highest BCUT2D eigenvalue weighted by atomic mass is 16.5. The number of anilines is 1. The van der Waals surface area contributed by atoms with Crippen LogP contribution in [0.15, 0.2) is 24.3 Å². The highest BCUT2D eigenvalue weighted by molar-refractivity contribution is 5.37. The summed E-state index contributed by atoms with van der Waals surface area (Å²) in [5, 5.41) is 8.03. The minimum atomic E-state index is 0.287. The van der Waals surface area contributed by atoms with Gasteiger partial charge in [0.05, 0.1) is 19.3 Å². The summed E-state index contributed by atoms with van der Waals surface area (Å²) in [6, 6.07) is 7.88. The van der Waals surface area contributed by atoms with E-state index in [2.05, 4.69) is 24.2 Å². The van der Waals surface area contributed by atoms with E-state index in [4.69, 9.17) is 10.5 Å². The van der Waals surface area contributed by atoms with Crippen molar-refractivity contribution in [1.82, 2.24) is 15.0 Å². The molecule has 0 saturated heterocycles. The number of rotatable bonds is 4. The van der Waals surface area contributed by atoms with Gasteiger partial charge in [0.15, 0.2) is 5.82 Å². The van der Waals surface area contributed by atoms with Crippen LogP contribution in [0.2, 0.25) is 0 Å². The van der Waals surface area contributed by atoms with Crippen LogP contribution in [-0.2, 0) is 6.54 Å². The van der Waals surface area contributed by atoms with Gasteiger partial charge in [0.1, 0.15) is 5.75 Å². The van der Waals surface area contributed by atoms with Gasteiger partial charge in [-0.05, 0) is 12.0 Å². The average Bonchev–Trinajstić information content (AvgIpc) is 2.71. The highest BCUT2D eigenvalue weighted by Crippen LogP contribution is 2.23. The van der Waals surface area contributed by atoms with Crippen LogP contribution in [0.25, 0.3) is 0 Å². The molecule has 2 rings (SSSR count). The van der Waals surface area contributed by atoms with Crippen LogP contribution in [0.3, 0.4) is 0 Å². The molecule has 0 aliphatic rings. The minimum absolute atomic E-state index is 0.287. The lowest BCUT2D eigenvalue weighted by molar-refractivity contribution is 0.406. The summed E-state index contributed by atoms with van der Waals surface area (Å²) in [5.41, 5.74) is 7.86. The molecule has 2 N–H and O–H groups in total. The van der Waals surface area contributed by atoms with Gasteiger partial charge in [0, 0.05) is 5.56 Å². The van der Waals surface area contributed by atoms with Gasteiger partial charge in [-0.25, -0.2) is 4.68 Å². The maximum Gasteiger partial charge on any atom is 0.169 e. The normalized spacial score (nSPS) is 10.9. The molecule has 5 nitrogen and oxygen atoms in total. The fraction of sp³-hybridized carbons (Fsp3) is 0.385. The molecule has 0 fully saturated rings. The Bertz CT molecular complexity index is 534. The molecule has 18 heavy (non-hydrogen) atoms. The number of nitrogens with two attached hydrogens (primary N) is 1. The van der Waals surface area contributed by atoms with Gasteiger partial charge >= 0.3 is 0 Å². The van der Waals surface area contributed by atoms with E-state index in [1.54, 1.807) is 7.11 Å². The zero-order valence-electron chi connectivity index (χ0n) is 10.9. The van der Waals surface area contributed by atoms with Crippen molar-refractivity contribution in [2.75, 3.05) is 12.8 Å². The number of nitrogens with zero attached hydrogens (tertiary/aromatic N) is 3. The number of benzene rings is 1. The summed E-state index contributed by atoms with van der Waals surface area (Å²) in [6.07, 6.45) is 0. The first-order chi connectivity index (χ1) is 8.63. The van der Waals surface area contributed by atoms with E-state index in [9.17, 15) is 0 Å². The number of para-hydroxylation sites is 1. The summed E-state index contributed by atoms with van der Waals surface area (Å²) >= 11 is 0. The maximum atomic E-state index is 5.84. The van der Waals surface area contributed by atoms with Crippen molar-refractivity contribution in [1.29, 1.82) is 0 Å². The Morgan fingerprint density at radius 1 is 1.33 bits per heavy atom. The van der Waals surface area contributed by atoms with Crippen molar-refractivity contribution in [3.63, 3.8) is 0 Å². The zero-order valence-corrected chi connectivity index (χ0v) is 10.9. The average molecular weight is 246 g/mol. The Morgan fingerprint density at radius 3 is 2.72 bits per heavy atom. The molecule has 0 aliphatic carbocycles. The summed E-state index contributed by atoms with van der Waals surface area (Å²) < 4.78 is 7.16. The minimum Gasteiger partial charge on any atom is -0.496 e. The molecule has 0 aliphatic heterocycles. The van der Waals surface area contributed by atoms with Crippen molar-refractivity contribution in [3.05, 3.63) is 35.5 Å². The molecule has 1 aromatic heterocycles. The molecule has 0 atom stereocenters. The second-order valence-electron chi connectivity index (χ2n) is 4.48. The highest BCUT2D eigenvalue weighted by Gasteiger charge is 2.15. The first-order valence-corrected chi connectivity index (χ1v) is 5.94. The standard InChI is InChI=1S/C13H18N4O/c1-9(2)12-13(14)15-16-17(12)8-10-6-4-5-7-11(10)18-3/h4-7,9H,8,14H2,1-3H3. The summed E-state index contributed by atoms with van der Waals surface area (Å²) in [6.45, 7) is 4.77. The topological polar surface area (TPSA) is 66.0 Å². The molecular weight excluding hydrogens is 228 g/mol. The van der Waals surface area contributed by atoms with Crippen LogP contribution in [0.4, 0.5) is 5.82 Å². The third-order valence-electron chi connectivity index (χ3n) is 2.86. The molecule has 0 spiro atoms. The molecule has 0 radical (unpaired) electrons. The predicted molar refractivity (Wildman–Crippen MR) is 70.6 cm³/mol. The molecule has 0 amide bonds. The Morgan fingerprint density at radius 2 is 2.06 bits per heavy atom. The van der Waals surface area contributed by atoms with Crippen LogP contribution in [-0.4, -0.2) is 22.1 Å². The second kappa shape index (κ2) is 5.08. The van der Waals surface area contributed by atoms with E-state index in [0.717, 1.165) is 17.0 Å². The van der Waals surface area contributed by atoms with E-state index >= 15 is 0 Å². The SMILES string of the molecule is COc1ccccc1Cn1nnc(N)c1C(C)C. The molecule has 1 heterocycles. The third-order valence-corrected chi connectivity index (χ3v) is 2.86. The number of aromatic nitrogens is 3. The Labute approximate surface area is 107 Å². The van der Waals surface area contributed by atoms with Crippen molar-refractivity contribution >= 4 is 5.82 Å². The van der Waals surface area contributed by atoms with Crippen molar-refractivity contribution in [2.45, 2.75) is 26.3 Å². The van der Waals surface area contributed by atoms with Gasteiger partial charge in [-0.1, -0.05) is 37.3 Å². The van der Waals surface area contributed by atoms with E-state index in [1.807, 2.05) is 28.9 Å². The number of nitrogen functional groups attached to an aromatic ring is 1. The fourth-order valence-electron chi connectivity index (χ4n) is 2.04. The summed E-state index contributed by atoms with van der Waals surface area (Å²) in [7, 11) is 1.66. The molecular formula is C13H18N4O. The van der Waals surface area contributed by atoms with Crippen molar-refractivity contribution < 1.29 is 4.74 Å². The molecule has 0 unspecified atom stereocenters. The van der Waals surface area contributed by atoms with Gasteiger partial charge < -0.3 is 10.5 Å². The van der Waals surface area contributed by atoms with E-state index in [1.165, 1.54) is 0 Å². The Kier molecular flexibility index (Phi) is 3.50. The van der Waals surface area contributed by atoms with Crippen molar-refractivity contribution in [3.8, 4) is 5.75 Å². The maximum absolute atomic E-state index is 5.84. The number of hydrogen-bond acceptors (Lipinski definition) is 4.